The average Bonchev–Trinajstić information content (AvgIpc) is 3.21. The van der Waals surface area contributed by atoms with Crippen molar-refractivity contribution in [1.29, 1.82) is 0 Å². The summed E-state index contributed by atoms with van der Waals surface area (Å²) < 4.78 is 5.53. The number of aliphatic hydroxyl groups excluding tert-OH is 1. The van der Waals surface area contributed by atoms with E-state index in [1.54, 1.807) is 0 Å². The molecule has 1 aromatic carbocycles. The first-order chi connectivity index (χ1) is 12.7. The van der Waals surface area contributed by atoms with E-state index >= 15 is 0 Å². The van der Waals surface area contributed by atoms with Crippen LogP contribution in [0.2, 0.25) is 5.02 Å². The van der Waals surface area contributed by atoms with Crippen molar-refractivity contribution < 1.29 is 9.84 Å². The number of halogens is 1. The maximum atomic E-state index is 9.10. The van der Waals surface area contributed by atoms with Crippen molar-refractivity contribution in [2.75, 3.05) is 43.1 Å². The topological polar surface area (TPSA) is 70.5 Å². The highest BCUT2D eigenvalue weighted by atomic mass is 35.5. The van der Waals surface area contributed by atoms with Crippen LogP contribution in [0.25, 0.3) is 0 Å². The zero-order chi connectivity index (χ0) is 17.9. The third kappa shape index (κ3) is 3.63. The average molecular weight is 375 g/mol. The summed E-state index contributed by atoms with van der Waals surface area (Å²) in [6.07, 6.45) is 1.88. The molecular formula is C19H23ClN4O2. The maximum absolute atomic E-state index is 9.10. The summed E-state index contributed by atoms with van der Waals surface area (Å²) in [6.45, 7) is 3.61. The predicted octanol–water partition coefficient (Wildman–Crippen LogP) is 2.60. The van der Waals surface area contributed by atoms with Crippen LogP contribution in [0, 0.1) is 0 Å². The van der Waals surface area contributed by atoms with E-state index < -0.39 is 0 Å². The highest BCUT2D eigenvalue weighted by Crippen LogP contribution is 2.31. The summed E-state index contributed by atoms with van der Waals surface area (Å²) in [7, 11) is 0. The van der Waals surface area contributed by atoms with Crippen molar-refractivity contribution in [2.45, 2.75) is 25.3 Å². The molecule has 7 heteroatoms. The van der Waals surface area contributed by atoms with Crippen molar-refractivity contribution in [3.8, 4) is 0 Å². The summed E-state index contributed by atoms with van der Waals surface area (Å²) in [6, 6.07) is 8.17. The maximum Gasteiger partial charge on any atom is 0.224 e. The van der Waals surface area contributed by atoms with Crippen molar-refractivity contribution in [3.05, 3.63) is 46.1 Å². The van der Waals surface area contributed by atoms with Crippen molar-refractivity contribution in [3.63, 3.8) is 0 Å². The second-order valence-corrected chi connectivity index (χ2v) is 7.14. The molecule has 1 atom stereocenters. The van der Waals surface area contributed by atoms with E-state index in [-0.39, 0.29) is 6.61 Å². The van der Waals surface area contributed by atoms with E-state index in [4.69, 9.17) is 21.4 Å². The van der Waals surface area contributed by atoms with Gasteiger partial charge in [0.15, 0.2) is 0 Å². The van der Waals surface area contributed by atoms with E-state index in [0.717, 1.165) is 49.1 Å². The molecule has 4 rings (SSSR count). The summed E-state index contributed by atoms with van der Waals surface area (Å²) >= 11 is 6.34. The number of benzene rings is 1. The summed E-state index contributed by atoms with van der Waals surface area (Å²) in [5.74, 6) is 1.78. The molecule has 0 unspecified atom stereocenters. The SMILES string of the molecule is OCCNc1nc([C@H]2CCOC2)cc(N2CCc3c(Cl)cccc3C2)n1. The fraction of sp³-hybridized carbons (Fsp3) is 0.474. The molecule has 6 nitrogen and oxygen atoms in total. The minimum atomic E-state index is 0.0467. The molecule has 0 saturated carbocycles. The zero-order valence-electron chi connectivity index (χ0n) is 14.6. The van der Waals surface area contributed by atoms with Crippen LogP contribution < -0.4 is 10.2 Å². The minimum Gasteiger partial charge on any atom is -0.395 e. The van der Waals surface area contributed by atoms with Gasteiger partial charge in [-0.2, -0.15) is 4.98 Å². The Morgan fingerprint density at radius 1 is 1.35 bits per heavy atom. The first-order valence-electron chi connectivity index (χ1n) is 9.07. The lowest BCUT2D eigenvalue weighted by molar-refractivity contribution is 0.193. The molecule has 2 aliphatic rings. The molecule has 0 radical (unpaired) electrons. The summed E-state index contributed by atoms with van der Waals surface area (Å²) in [4.78, 5) is 11.6. The van der Waals surface area contributed by atoms with Crippen molar-refractivity contribution in [1.82, 2.24) is 9.97 Å². The lowest BCUT2D eigenvalue weighted by atomic mass is 9.99. The second-order valence-electron chi connectivity index (χ2n) is 6.73. The van der Waals surface area contributed by atoms with Crippen LogP contribution >= 0.6 is 11.6 Å². The van der Waals surface area contributed by atoms with Gasteiger partial charge in [-0.25, -0.2) is 4.98 Å². The van der Waals surface area contributed by atoms with Gasteiger partial charge in [0.1, 0.15) is 5.82 Å². The molecule has 1 saturated heterocycles. The van der Waals surface area contributed by atoms with Crippen LogP contribution in [-0.4, -0.2) is 48.0 Å². The number of aromatic nitrogens is 2. The fourth-order valence-corrected chi connectivity index (χ4v) is 3.89. The van der Waals surface area contributed by atoms with Crippen LogP contribution in [0.5, 0.6) is 0 Å². The van der Waals surface area contributed by atoms with Gasteiger partial charge in [0.25, 0.3) is 0 Å². The highest BCUT2D eigenvalue weighted by Gasteiger charge is 2.24. The van der Waals surface area contributed by atoms with E-state index in [2.05, 4.69) is 32.3 Å². The van der Waals surface area contributed by atoms with E-state index in [1.807, 2.05) is 12.1 Å². The molecule has 26 heavy (non-hydrogen) atoms. The zero-order valence-corrected chi connectivity index (χ0v) is 15.4. The number of hydrogen-bond donors (Lipinski definition) is 2. The molecule has 138 valence electrons. The summed E-state index contributed by atoms with van der Waals surface area (Å²) in [5, 5.41) is 13.1. The van der Waals surface area contributed by atoms with Crippen LogP contribution in [0.3, 0.4) is 0 Å². The number of aliphatic hydroxyl groups is 1. The van der Waals surface area contributed by atoms with Crippen LogP contribution in [0.15, 0.2) is 24.3 Å². The quantitative estimate of drug-likeness (QED) is 0.838. The molecule has 0 bridgehead atoms. The highest BCUT2D eigenvalue weighted by molar-refractivity contribution is 6.31. The van der Waals surface area contributed by atoms with Gasteiger partial charge in [-0.15, -0.1) is 0 Å². The number of nitrogens with zero attached hydrogens (tertiary/aromatic N) is 3. The second kappa shape index (κ2) is 7.78. The molecular weight excluding hydrogens is 352 g/mol. The molecule has 1 aromatic heterocycles. The largest absolute Gasteiger partial charge is 0.395 e. The molecule has 0 spiro atoms. The molecule has 0 aliphatic carbocycles. The molecule has 2 aliphatic heterocycles. The Kier molecular flexibility index (Phi) is 5.24. The Morgan fingerprint density at radius 2 is 2.27 bits per heavy atom. The van der Waals surface area contributed by atoms with E-state index in [0.29, 0.717) is 25.0 Å². The minimum absolute atomic E-state index is 0.0467. The molecule has 3 heterocycles. The Morgan fingerprint density at radius 3 is 3.08 bits per heavy atom. The smallest absolute Gasteiger partial charge is 0.224 e. The van der Waals surface area contributed by atoms with Crippen molar-refractivity contribution >= 4 is 23.4 Å². The van der Waals surface area contributed by atoms with Gasteiger partial charge < -0.3 is 20.1 Å². The number of rotatable bonds is 5. The molecule has 2 aromatic rings. The van der Waals surface area contributed by atoms with Crippen LogP contribution in [0.1, 0.15) is 29.2 Å². The monoisotopic (exact) mass is 374 g/mol. The molecule has 1 fully saturated rings. The number of nitrogens with one attached hydrogen (secondary N) is 1. The van der Waals surface area contributed by atoms with Gasteiger partial charge in [-0.3, -0.25) is 0 Å². The molecule has 2 N–H and O–H groups in total. The number of hydrogen-bond acceptors (Lipinski definition) is 6. The molecule has 0 amide bonds. The van der Waals surface area contributed by atoms with Crippen LogP contribution in [-0.2, 0) is 17.7 Å². The van der Waals surface area contributed by atoms with E-state index in [9.17, 15) is 0 Å². The third-order valence-electron chi connectivity index (χ3n) is 5.01. The predicted molar refractivity (Wildman–Crippen MR) is 102 cm³/mol. The third-order valence-corrected chi connectivity index (χ3v) is 5.36. The number of fused-ring (bicyclic) bond motifs is 1. The normalized spacial score (nSPS) is 19.5. The first-order valence-corrected chi connectivity index (χ1v) is 9.45. The Balaban J connectivity index is 1.63. The lowest BCUT2D eigenvalue weighted by Crippen LogP contribution is -2.31. The van der Waals surface area contributed by atoms with Crippen molar-refractivity contribution in [2.24, 2.45) is 0 Å². The Bertz CT molecular complexity index is 780. The Hall–Kier alpha value is -1.89. The lowest BCUT2D eigenvalue weighted by Gasteiger charge is -2.31. The number of ether oxygens (including phenoxy) is 1. The van der Waals surface area contributed by atoms with Crippen LogP contribution in [0.4, 0.5) is 11.8 Å². The van der Waals surface area contributed by atoms with Gasteiger partial charge in [0.2, 0.25) is 5.95 Å². The first kappa shape index (κ1) is 17.5. The van der Waals surface area contributed by atoms with Gasteiger partial charge in [-0.05, 0) is 30.0 Å². The van der Waals surface area contributed by atoms with E-state index in [1.165, 1.54) is 11.1 Å². The standard InChI is InChI=1S/C19H23ClN4O2/c20-16-3-1-2-13-11-24(7-4-15(13)16)18-10-17(14-5-9-26-12-14)22-19(23-18)21-6-8-25/h1-3,10,14,25H,4-9,11-12H2,(H,21,22,23)/t14-/m0/s1. The van der Waals surface area contributed by atoms with Gasteiger partial charge in [-0.1, -0.05) is 23.7 Å². The van der Waals surface area contributed by atoms with Gasteiger partial charge >= 0.3 is 0 Å². The van der Waals surface area contributed by atoms with Gasteiger partial charge in [0.05, 0.1) is 18.9 Å². The number of anilines is 2. The summed E-state index contributed by atoms with van der Waals surface area (Å²) in [5.41, 5.74) is 3.49. The Labute approximate surface area is 158 Å². The van der Waals surface area contributed by atoms with Gasteiger partial charge in [0, 0.05) is 43.2 Å². The fourth-order valence-electron chi connectivity index (χ4n) is 3.60.